The number of Topliss-reactive ketones (excluding diaryl/α,β-unsaturated/α-hetero) is 2. The van der Waals surface area contributed by atoms with Gasteiger partial charge in [0.05, 0.1) is 4.83 Å². The van der Waals surface area contributed by atoms with Gasteiger partial charge in [0, 0.05) is 6.42 Å². The van der Waals surface area contributed by atoms with Crippen LogP contribution in [0.5, 0.6) is 0 Å². The molecule has 0 heterocycles. The normalized spacial score (nSPS) is 10.7. The third-order valence-electron chi connectivity index (χ3n) is 1.67. The second-order valence-electron chi connectivity index (χ2n) is 4.67. The van der Waals surface area contributed by atoms with Gasteiger partial charge < -0.3 is 4.79 Å². The van der Waals surface area contributed by atoms with Crippen LogP contribution in [0.15, 0.2) is 4.30 Å². The molecular formula is C12H24BBrNO2S. The summed E-state index contributed by atoms with van der Waals surface area (Å²) in [6.45, 7) is 11.3. The molecule has 0 fully saturated rings. The van der Waals surface area contributed by atoms with Gasteiger partial charge in [0.15, 0.2) is 0 Å². The van der Waals surface area contributed by atoms with Crippen LogP contribution in [-0.2, 0) is 9.59 Å². The zero-order chi connectivity index (χ0) is 15.3. The Morgan fingerprint density at radius 1 is 1.22 bits per heavy atom. The second-order valence-corrected chi connectivity index (χ2v) is 5.89. The summed E-state index contributed by atoms with van der Waals surface area (Å²) in [7, 11) is 4.34. The number of carbonyl (C=O) groups is 2. The molecule has 1 unspecified atom stereocenters. The first-order valence-corrected chi connectivity index (χ1v) is 7.09. The van der Waals surface area contributed by atoms with Crippen molar-refractivity contribution in [2.24, 2.45) is 16.1 Å². The number of alkyl halides is 1. The number of ketones is 2. The minimum absolute atomic E-state index is 0.0440. The summed E-state index contributed by atoms with van der Waals surface area (Å²) >= 11 is 6.45. The van der Waals surface area contributed by atoms with E-state index >= 15 is 0 Å². The van der Waals surface area contributed by atoms with Crippen LogP contribution >= 0.6 is 28.7 Å². The maximum absolute atomic E-state index is 10.5. The molecule has 0 aromatic heterocycles. The zero-order valence-electron chi connectivity index (χ0n) is 12.1. The molecule has 0 saturated carbocycles. The Morgan fingerprint density at radius 3 is 1.56 bits per heavy atom. The Morgan fingerprint density at radius 2 is 1.56 bits per heavy atom. The van der Waals surface area contributed by atoms with E-state index in [4.69, 9.17) is 0 Å². The van der Waals surface area contributed by atoms with Gasteiger partial charge in [0.25, 0.3) is 0 Å². The first kappa shape index (κ1) is 23.2. The van der Waals surface area contributed by atoms with Crippen molar-refractivity contribution < 1.29 is 9.59 Å². The van der Waals surface area contributed by atoms with Gasteiger partial charge in [-0.1, -0.05) is 43.6 Å². The molecule has 0 N–H and O–H groups in total. The molecule has 3 nitrogen and oxygen atoms in total. The summed E-state index contributed by atoms with van der Waals surface area (Å²) in [6, 6.07) is 0. The van der Waals surface area contributed by atoms with E-state index in [2.05, 4.69) is 40.7 Å². The monoisotopic (exact) mass is 336 g/mol. The second kappa shape index (κ2) is 15.1. The van der Waals surface area contributed by atoms with Crippen molar-refractivity contribution in [1.29, 1.82) is 0 Å². The molecule has 105 valence electrons. The Bertz CT molecular complexity index is 248. The fourth-order valence-electron chi connectivity index (χ4n) is 1.04. The summed E-state index contributed by atoms with van der Waals surface area (Å²) in [6.07, 6.45) is 0.722. The van der Waals surface area contributed by atoms with E-state index in [-0.39, 0.29) is 16.4 Å². The average molecular weight is 337 g/mol. The zero-order valence-corrected chi connectivity index (χ0v) is 14.6. The van der Waals surface area contributed by atoms with Crippen LogP contribution in [0.4, 0.5) is 0 Å². The summed E-state index contributed by atoms with van der Waals surface area (Å²) in [5.41, 5.74) is 0. The van der Waals surface area contributed by atoms with Crippen LogP contribution in [-0.4, -0.2) is 24.0 Å². The maximum atomic E-state index is 10.5. The van der Waals surface area contributed by atoms with Gasteiger partial charge in [0.1, 0.15) is 11.6 Å². The van der Waals surface area contributed by atoms with Gasteiger partial charge in [-0.05, 0) is 25.7 Å². The van der Waals surface area contributed by atoms with E-state index in [1.165, 1.54) is 0 Å². The summed E-state index contributed by atoms with van der Waals surface area (Å²) in [4.78, 5) is 20.8. The molecular weight excluding hydrogens is 313 g/mol. The van der Waals surface area contributed by atoms with Gasteiger partial charge >= 0.3 is 24.8 Å². The average Bonchev–Trinajstić information content (AvgIpc) is 2.16. The summed E-state index contributed by atoms with van der Waals surface area (Å²) in [5.74, 6) is 1.43. The minimum atomic E-state index is 0.0440. The van der Waals surface area contributed by atoms with E-state index in [1.54, 1.807) is 13.8 Å². The number of hydrogen-bond acceptors (Lipinski definition) is 4. The summed E-state index contributed by atoms with van der Waals surface area (Å²) < 4.78 is 2.69. The fraction of sp³-hybridized carbons (Fsp3) is 0.833. The topological polar surface area (TPSA) is 46.5 Å². The number of hydrogen-bond donors (Lipinski definition) is 1. The number of halogens is 1. The van der Waals surface area contributed by atoms with Crippen LogP contribution in [0.25, 0.3) is 0 Å². The van der Waals surface area contributed by atoms with Crippen LogP contribution in [0, 0.1) is 11.8 Å². The van der Waals surface area contributed by atoms with Gasteiger partial charge in [-0.2, -0.15) is 0 Å². The predicted octanol–water partition coefficient (Wildman–Crippen LogP) is 3.80. The molecule has 0 spiro atoms. The molecule has 1 atom stereocenters. The van der Waals surface area contributed by atoms with Crippen molar-refractivity contribution in [3.05, 3.63) is 0 Å². The number of carbonyl (C=O) groups excluding carboxylic acids is 2. The van der Waals surface area contributed by atoms with Crippen molar-refractivity contribution in [2.45, 2.75) is 52.8 Å². The third-order valence-corrected chi connectivity index (χ3v) is 3.37. The van der Waals surface area contributed by atoms with Gasteiger partial charge in [-0.15, -0.1) is 0 Å². The molecule has 18 heavy (non-hydrogen) atoms. The van der Waals surface area contributed by atoms with E-state index in [0.717, 1.165) is 6.42 Å². The van der Waals surface area contributed by atoms with Crippen LogP contribution < -0.4 is 0 Å². The van der Waals surface area contributed by atoms with Crippen molar-refractivity contribution in [2.75, 3.05) is 0 Å². The van der Waals surface area contributed by atoms with E-state index in [0.29, 0.717) is 11.8 Å². The molecule has 0 aliphatic carbocycles. The van der Waals surface area contributed by atoms with Crippen LogP contribution in [0.3, 0.4) is 0 Å². The number of rotatable bonds is 4. The van der Waals surface area contributed by atoms with Gasteiger partial charge in [-0.3, -0.25) is 4.79 Å². The Kier molecular flexibility index (Phi) is 19.4. The van der Waals surface area contributed by atoms with Crippen LogP contribution in [0.2, 0.25) is 0 Å². The third kappa shape index (κ3) is 25.0. The Labute approximate surface area is 126 Å². The predicted molar refractivity (Wildman–Crippen MR) is 85.5 cm³/mol. The molecule has 6 heteroatoms. The molecule has 0 saturated heterocycles. The quantitative estimate of drug-likeness (QED) is 0.482. The molecule has 1 radical (unpaired) electrons. The standard InChI is InChI=1S/C6H11BrO.C6H12O.BHNS/c1-4(2)6(7)5(3)8;1-5(2)4-6(3)7;1-2-3/h4,6H,1-3H3;5H,4H2,1-3H3;3H. The number of thiol groups is 1. The SMILES string of the molecule is CC(=O)C(Br)C(C)C.CC(=O)CC(C)C.[B]=NS. The molecule has 0 aromatic rings. The Balaban J connectivity index is -0.000000207. The first-order chi connectivity index (χ1) is 8.09. The van der Waals surface area contributed by atoms with Crippen molar-refractivity contribution >= 4 is 47.9 Å². The van der Waals surface area contributed by atoms with Crippen molar-refractivity contribution in [1.82, 2.24) is 0 Å². The van der Waals surface area contributed by atoms with Gasteiger partial charge in [-0.25, -0.2) is 0 Å². The van der Waals surface area contributed by atoms with Crippen LogP contribution in [0.1, 0.15) is 48.0 Å². The van der Waals surface area contributed by atoms with E-state index < -0.39 is 0 Å². The van der Waals surface area contributed by atoms with Gasteiger partial charge in [0.2, 0.25) is 0 Å². The first-order valence-electron chi connectivity index (χ1n) is 5.78. The van der Waals surface area contributed by atoms with Crippen molar-refractivity contribution in [3.8, 4) is 0 Å². The molecule has 0 amide bonds. The van der Waals surface area contributed by atoms with Crippen molar-refractivity contribution in [3.63, 3.8) is 0 Å². The fourth-order valence-corrected chi connectivity index (χ4v) is 1.04. The van der Waals surface area contributed by atoms with E-state index in [9.17, 15) is 9.59 Å². The molecule has 0 aliphatic rings. The molecule has 0 bridgehead atoms. The van der Waals surface area contributed by atoms with E-state index in [1.807, 2.05) is 27.7 Å². The Hall–Kier alpha value is 0.0349. The molecule has 0 rings (SSSR count). The number of nitrogens with zero attached hydrogens (tertiary/aromatic N) is 1. The summed E-state index contributed by atoms with van der Waals surface area (Å²) in [5, 5.41) is 0. The molecule has 0 aromatic carbocycles. The molecule has 0 aliphatic heterocycles.